The number of hydrogen-bond donors (Lipinski definition) is 1. The number of likely N-dealkylation sites (tertiary alicyclic amines) is 1. The van der Waals surface area contributed by atoms with E-state index in [1.165, 1.54) is 6.42 Å². The van der Waals surface area contributed by atoms with Crippen molar-refractivity contribution < 1.29 is 4.52 Å². The Morgan fingerprint density at radius 2 is 2.21 bits per heavy atom. The number of aliphatic imine (C=N–C) groups is 1. The quantitative estimate of drug-likeness (QED) is 0.524. The fourth-order valence-electron chi connectivity index (χ4n) is 3.74. The maximum atomic E-state index is 6.04. The van der Waals surface area contributed by atoms with Crippen molar-refractivity contribution in [3.05, 3.63) is 35.2 Å². The van der Waals surface area contributed by atoms with E-state index in [0.717, 1.165) is 44.2 Å². The SMILES string of the molecule is CCN(CC)CC1CCN(C(=NC)NCCc2nc(-c3cccc(Cl)c3)no2)C1. The van der Waals surface area contributed by atoms with Crippen molar-refractivity contribution >= 4 is 17.6 Å². The van der Waals surface area contributed by atoms with E-state index in [0.29, 0.717) is 35.6 Å². The van der Waals surface area contributed by atoms with Gasteiger partial charge in [-0.15, -0.1) is 0 Å². The molecule has 0 amide bonds. The summed E-state index contributed by atoms with van der Waals surface area (Å²) in [4.78, 5) is 13.8. The van der Waals surface area contributed by atoms with Crippen molar-refractivity contribution in [2.24, 2.45) is 10.9 Å². The summed E-state index contributed by atoms with van der Waals surface area (Å²) in [7, 11) is 1.84. The van der Waals surface area contributed by atoms with Gasteiger partial charge in [0.1, 0.15) is 0 Å². The molecule has 0 spiro atoms. The van der Waals surface area contributed by atoms with Crippen molar-refractivity contribution in [3.63, 3.8) is 0 Å². The van der Waals surface area contributed by atoms with Gasteiger partial charge in [0.2, 0.25) is 11.7 Å². The Bertz CT molecular complexity index is 804. The van der Waals surface area contributed by atoms with E-state index < -0.39 is 0 Å². The van der Waals surface area contributed by atoms with E-state index in [4.69, 9.17) is 16.1 Å². The maximum absolute atomic E-state index is 6.04. The molecule has 1 fully saturated rings. The fourth-order valence-corrected chi connectivity index (χ4v) is 3.93. The van der Waals surface area contributed by atoms with Crippen molar-refractivity contribution in [1.29, 1.82) is 0 Å². The number of aromatic nitrogens is 2. The van der Waals surface area contributed by atoms with Gasteiger partial charge < -0.3 is 19.6 Å². The highest BCUT2D eigenvalue weighted by atomic mass is 35.5. The zero-order chi connectivity index (χ0) is 20.6. The van der Waals surface area contributed by atoms with Gasteiger partial charge in [0.25, 0.3) is 0 Å². The number of nitrogens with zero attached hydrogens (tertiary/aromatic N) is 5. The van der Waals surface area contributed by atoms with E-state index in [1.807, 2.05) is 31.3 Å². The van der Waals surface area contributed by atoms with E-state index >= 15 is 0 Å². The third-order valence-corrected chi connectivity index (χ3v) is 5.62. The molecule has 2 aromatic rings. The lowest BCUT2D eigenvalue weighted by atomic mass is 10.1. The molecule has 1 atom stereocenters. The van der Waals surface area contributed by atoms with Crippen LogP contribution in [0.15, 0.2) is 33.8 Å². The maximum Gasteiger partial charge on any atom is 0.228 e. The minimum absolute atomic E-state index is 0.561. The molecule has 0 aliphatic carbocycles. The molecule has 8 heteroatoms. The van der Waals surface area contributed by atoms with Crippen LogP contribution in [0.1, 0.15) is 26.2 Å². The Morgan fingerprint density at radius 1 is 1.38 bits per heavy atom. The van der Waals surface area contributed by atoms with Gasteiger partial charge in [0.05, 0.1) is 0 Å². The summed E-state index contributed by atoms with van der Waals surface area (Å²) in [6.07, 6.45) is 1.85. The van der Waals surface area contributed by atoms with Crippen LogP contribution in [-0.2, 0) is 6.42 Å². The predicted molar refractivity (Wildman–Crippen MR) is 117 cm³/mol. The molecule has 3 rings (SSSR count). The number of nitrogens with one attached hydrogen (secondary N) is 1. The molecule has 0 saturated carbocycles. The highest BCUT2D eigenvalue weighted by molar-refractivity contribution is 6.30. The second kappa shape index (κ2) is 10.6. The fraction of sp³-hybridized carbons (Fsp3) is 0.571. The third kappa shape index (κ3) is 5.93. The smallest absolute Gasteiger partial charge is 0.228 e. The zero-order valence-corrected chi connectivity index (χ0v) is 18.3. The molecule has 0 bridgehead atoms. The second-order valence-electron chi connectivity index (χ2n) is 7.33. The van der Waals surface area contributed by atoms with E-state index in [9.17, 15) is 0 Å². The molecule has 1 aromatic heterocycles. The van der Waals surface area contributed by atoms with Crippen LogP contribution in [0.25, 0.3) is 11.4 Å². The lowest BCUT2D eigenvalue weighted by molar-refractivity contribution is 0.255. The van der Waals surface area contributed by atoms with Crippen LogP contribution in [0.3, 0.4) is 0 Å². The molecule has 1 aromatic carbocycles. The molecule has 1 N–H and O–H groups in total. The highest BCUT2D eigenvalue weighted by Crippen LogP contribution is 2.20. The van der Waals surface area contributed by atoms with Gasteiger partial charge in [0, 0.05) is 50.2 Å². The summed E-state index contributed by atoms with van der Waals surface area (Å²) in [5, 5.41) is 8.15. The van der Waals surface area contributed by atoms with Gasteiger partial charge in [-0.25, -0.2) is 0 Å². The van der Waals surface area contributed by atoms with E-state index in [2.05, 4.69) is 44.1 Å². The number of guanidine groups is 1. The van der Waals surface area contributed by atoms with Gasteiger partial charge in [-0.05, 0) is 37.6 Å². The second-order valence-corrected chi connectivity index (χ2v) is 7.77. The molecular weight excluding hydrogens is 388 g/mol. The average molecular weight is 419 g/mol. The van der Waals surface area contributed by atoms with Crippen LogP contribution in [0.5, 0.6) is 0 Å². The minimum Gasteiger partial charge on any atom is -0.356 e. The molecule has 29 heavy (non-hydrogen) atoms. The van der Waals surface area contributed by atoms with Crippen LogP contribution in [0.2, 0.25) is 5.02 Å². The highest BCUT2D eigenvalue weighted by Gasteiger charge is 2.25. The minimum atomic E-state index is 0.561. The Hall–Kier alpha value is -2.12. The van der Waals surface area contributed by atoms with Gasteiger partial charge >= 0.3 is 0 Å². The van der Waals surface area contributed by atoms with E-state index in [-0.39, 0.29) is 0 Å². The molecule has 1 aliphatic rings. The standard InChI is InChI=1S/C21H31ClN6O/c1-4-27(5-2)14-16-10-12-28(15-16)21(23-3)24-11-9-19-25-20(26-29-19)17-7-6-8-18(22)13-17/h6-8,13,16H,4-5,9-12,14-15H2,1-3H3,(H,23,24). The molecule has 7 nitrogen and oxygen atoms in total. The Kier molecular flexibility index (Phi) is 7.89. The van der Waals surface area contributed by atoms with Crippen molar-refractivity contribution in [3.8, 4) is 11.4 Å². The van der Waals surface area contributed by atoms with Crippen LogP contribution in [-0.4, -0.2) is 72.2 Å². The molecular formula is C21H31ClN6O. The number of benzene rings is 1. The molecule has 0 radical (unpaired) electrons. The summed E-state index contributed by atoms with van der Waals surface area (Å²) in [6.45, 7) is 10.6. The van der Waals surface area contributed by atoms with Crippen LogP contribution < -0.4 is 5.32 Å². The average Bonchev–Trinajstić information content (AvgIpc) is 3.39. The first kappa shape index (κ1) is 21.6. The van der Waals surface area contributed by atoms with Crippen molar-refractivity contribution in [1.82, 2.24) is 25.3 Å². The Labute approximate surface area is 178 Å². The number of hydrogen-bond acceptors (Lipinski definition) is 5. The van der Waals surface area contributed by atoms with Crippen LogP contribution >= 0.6 is 11.6 Å². The van der Waals surface area contributed by atoms with Crippen LogP contribution in [0.4, 0.5) is 0 Å². The summed E-state index contributed by atoms with van der Waals surface area (Å²) in [5.74, 6) is 2.81. The lowest BCUT2D eigenvalue weighted by Gasteiger charge is -2.24. The topological polar surface area (TPSA) is 69.8 Å². The van der Waals surface area contributed by atoms with Crippen molar-refractivity contribution in [2.75, 3.05) is 46.3 Å². The predicted octanol–water partition coefficient (Wildman–Crippen LogP) is 3.17. The zero-order valence-electron chi connectivity index (χ0n) is 17.6. The molecule has 158 valence electrons. The first-order valence-corrected chi connectivity index (χ1v) is 10.8. The molecule has 1 unspecified atom stereocenters. The molecule has 2 heterocycles. The monoisotopic (exact) mass is 418 g/mol. The molecule has 1 aliphatic heterocycles. The van der Waals surface area contributed by atoms with Gasteiger partial charge in [0.15, 0.2) is 5.96 Å². The summed E-state index contributed by atoms with van der Waals surface area (Å²) in [6, 6.07) is 7.45. The first-order valence-electron chi connectivity index (χ1n) is 10.4. The summed E-state index contributed by atoms with van der Waals surface area (Å²) in [5.41, 5.74) is 0.854. The van der Waals surface area contributed by atoms with Crippen molar-refractivity contribution in [2.45, 2.75) is 26.7 Å². The Morgan fingerprint density at radius 3 is 2.93 bits per heavy atom. The summed E-state index contributed by atoms with van der Waals surface area (Å²) < 4.78 is 5.38. The van der Waals surface area contributed by atoms with Gasteiger partial charge in [-0.1, -0.05) is 42.7 Å². The van der Waals surface area contributed by atoms with Crippen LogP contribution in [0, 0.1) is 5.92 Å². The van der Waals surface area contributed by atoms with E-state index in [1.54, 1.807) is 0 Å². The number of halogens is 1. The largest absolute Gasteiger partial charge is 0.356 e. The molecule has 1 saturated heterocycles. The van der Waals surface area contributed by atoms with Gasteiger partial charge in [-0.3, -0.25) is 4.99 Å². The lowest BCUT2D eigenvalue weighted by Crippen LogP contribution is -2.41. The Balaban J connectivity index is 1.47. The first-order chi connectivity index (χ1) is 14.1. The number of rotatable bonds is 8. The summed E-state index contributed by atoms with van der Waals surface area (Å²) >= 11 is 6.04. The van der Waals surface area contributed by atoms with Gasteiger partial charge in [-0.2, -0.15) is 4.98 Å². The third-order valence-electron chi connectivity index (χ3n) is 5.38. The normalized spacial score (nSPS) is 17.3.